The number of amides is 1. The SMILES string of the molecule is C=CC(=O)N1CCC(c2cc3ncc(-c4cc(O)ccc4F)cc3cn2)C1. The predicted molar refractivity (Wildman–Crippen MR) is 101 cm³/mol. The standard InChI is InChI=1S/C21H18FN3O2/c1-2-21(27)25-6-5-13(12-25)19-9-20-15(11-24-19)7-14(10-23-20)17-8-16(26)3-4-18(17)22/h2-4,7-11,13,26H,1,5-6,12H2. The number of benzene rings is 1. The number of carbonyl (C=O) groups excluding carboxylic acids is 1. The molecular weight excluding hydrogens is 345 g/mol. The van der Waals surface area contributed by atoms with Crippen molar-refractivity contribution in [3.05, 3.63) is 66.9 Å². The number of aromatic hydroxyl groups is 1. The minimum Gasteiger partial charge on any atom is -0.508 e. The monoisotopic (exact) mass is 363 g/mol. The van der Waals surface area contributed by atoms with Gasteiger partial charge in [0, 0.05) is 53.6 Å². The van der Waals surface area contributed by atoms with Crippen LogP contribution < -0.4 is 0 Å². The molecule has 1 N–H and O–H groups in total. The van der Waals surface area contributed by atoms with Gasteiger partial charge in [0.1, 0.15) is 11.6 Å². The Morgan fingerprint density at radius 2 is 2.11 bits per heavy atom. The first-order chi connectivity index (χ1) is 13.0. The largest absolute Gasteiger partial charge is 0.508 e. The molecule has 0 saturated carbocycles. The summed E-state index contributed by atoms with van der Waals surface area (Å²) in [7, 11) is 0. The zero-order chi connectivity index (χ0) is 19.0. The number of hydrogen-bond donors (Lipinski definition) is 1. The van der Waals surface area contributed by atoms with E-state index in [2.05, 4.69) is 16.5 Å². The number of fused-ring (bicyclic) bond motifs is 1. The van der Waals surface area contributed by atoms with Gasteiger partial charge in [0.25, 0.3) is 0 Å². The van der Waals surface area contributed by atoms with Gasteiger partial charge in [0.15, 0.2) is 0 Å². The van der Waals surface area contributed by atoms with Gasteiger partial charge in [-0.05, 0) is 42.8 Å². The van der Waals surface area contributed by atoms with Crippen molar-refractivity contribution in [2.75, 3.05) is 13.1 Å². The van der Waals surface area contributed by atoms with Crippen molar-refractivity contribution in [3.63, 3.8) is 0 Å². The zero-order valence-corrected chi connectivity index (χ0v) is 14.6. The third-order valence-corrected chi connectivity index (χ3v) is 4.94. The second-order valence-electron chi connectivity index (χ2n) is 6.66. The predicted octanol–water partition coefficient (Wildman–Crippen LogP) is 3.64. The number of phenolic OH excluding ortho intramolecular Hbond substituents is 1. The van der Waals surface area contributed by atoms with Gasteiger partial charge >= 0.3 is 0 Å². The smallest absolute Gasteiger partial charge is 0.245 e. The highest BCUT2D eigenvalue weighted by molar-refractivity contribution is 5.87. The maximum absolute atomic E-state index is 14.1. The lowest BCUT2D eigenvalue weighted by Gasteiger charge is -2.14. The molecular formula is C21H18FN3O2. The summed E-state index contributed by atoms with van der Waals surface area (Å²) in [5.41, 5.74) is 2.53. The molecule has 1 aliphatic rings. The molecule has 27 heavy (non-hydrogen) atoms. The van der Waals surface area contributed by atoms with E-state index in [0.717, 1.165) is 23.0 Å². The quantitative estimate of drug-likeness (QED) is 0.722. The number of aromatic nitrogens is 2. The number of phenols is 1. The molecule has 136 valence electrons. The molecule has 0 aliphatic carbocycles. The number of rotatable bonds is 3. The molecule has 1 unspecified atom stereocenters. The minimum atomic E-state index is -0.420. The van der Waals surface area contributed by atoms with Crippen LogP contribution in [0.5, 0.6) is 5.75 Å². The van der Waals surface area contributed by atoms with Crippen LogP contribution in [-0.2, 0) is 4.79 Å². The first kappa shape index (κ1) is 17.1. The molecule has 4 rings (SSSR count). The highest BCUT2D eigenvalue weighted by atomic mass is 19.1. The summed E-state index contributed by atoms with van der Waals surface area (Å²) in [6, 6.07) is 7.64. The van der Waals surface area contributed by atoms with Crippen LogP contribution in [0.3, 0.4) is 0 Å². The van der Waals surface area contributed by atoms with E-state index in [9.17, 15) is 14.3 Å². The van der Waals surface area contributed by atoms with Gasteiger partial charge in [-0.25, -0.2) is 4.39 Å². The molecule has 0 bridgehead atoms. The Kier molecular flexibility index (Phi) is 4.32. The Morgan fingerprint density at radius 1 is 1.26 bits per heavy atom. The fourth-order valence-corrected chi connectivity index (χ4v) is 3.47. The molecule has 0 radical (unpaired) electrons. The summed E-state index contributed by atoms with van der Waals surface area (Å²) in [5, 5.41) is 10.4. The molecule has 1 aliphatic heterocycles. The summed E-state index contributed by atoms with van der Waals surface area (Å²) >= 11 is 0. The van der Waals surface area contributed by atoms with E-state index in [4.69, 9.17) is 0 Å². The van der Waals surface area contributed by atoms with Crippen LogP contribution in [0.25, 0.3) is 22.0 Å². The lowest BCUT2D eigenvalue weighted by Crippen LogP contribution is -2.26. The summed E-state index contributed by atoms with van der Waals surface area (Å²) in [6.45, 7) is 4.84. The topological polar surface area (TPSA) is 66.3 Å². The molecule has 1 aromatic carbocycles. The molecule has 1 amide bonds. The van der Waals surface area contributed by atoms with E-state index < -0.39 is 5.82 Å². The van der Waals surface area contributed by atoms with Crippen molar-refractivity contribution >= 4 is 16.8 Å². The van der Waals surface area contributed by atoms with Gasteiger partial charge in [-0.15, -0.1) is 0 Å². The van der Waals surface area contributed by atoms with Crippen molar-refractivity contribution in [2.45, 2.75) is 12.3 Å². The maximum atomic E-state index is 14.1. The third-order valence-electron chi connectivity index (χ3n) is 4.94. The highest BCUT2D eigenvalue weighted by Gasteiger charge is 2.27. The van der Waals surface area contributed by atoms with Crippen molar-refractivity contribution in [2.24, 2.45) is 0 Å². The van der Waals surface area contributed by atoms with Crippen molar-refractivity contribution in [1.29, 1.82) is 0 Å². The molecule has 3 aromatic rings. The Bertz CT molecular complexity index is 1050. The number of hydrogen-bond acceptors (Lipinski definition) is 4. The number of nitrogens with zero attached hydrogens (tertiary/aromatic N) is 3. The number of likely N-dealkylation sites (tertiary alicyclic amines) is 1. The first-order valence-corrected chi connectivity index (χ1v) is 8.71. The third kappa shape index (κ3) is 3.26. The van der Waals surface area contributed by atoms with Gasteiger partial charge in [0.05, 0.1) is 5.52 Å². The molecule has 2 aromatic heterocycles. The van der Waals surface area contributed by atoms with E-state index in [0.29, 0.717) is 24.2 Å². The van der Waals surface area contributed by atoms with Crippen LogP contribution in [0.4, 0.5) is 4.39 Å². The average molecular weight is 363 g/mol. The Labute approximate surface area is 155 Å². The van der Waals surface area contributed by atoms with Crippen LogP contribution in [0.15, 0.2) is 55.4 Å². The van der Waals surface area contributed by atoms with Gasteiger partial charge in [0.2, 0.25) is 5.91 Å². The fraction of sp³-hybridized carbons (Fsp3) is 0.190. The second-order valence-corrected chi connectivity index (χ2v) is 6.66. The Morgan fingerprint density at radius 3 is 2.93 bits per heavy atom. The van der Waals surface area contributed by atoms with Crippen molar-refractivity contribution in [1.82, 2.24) is 14.9 Å². The molecule has 1 atom stereocenters. The zero-order valence-electron chi connectivity index (χ0n) is 14.6. The van der Waals surface area contributed by atoms with E-state index in [-0.39, 0.29) is 17.6 Å². The lowest BCUT2D eigenvalue weighted by molar-refractivity contribution is -0.125. The number of carbonyl (C=O) groups is 1. The maximum Gasteiger partial charge on any atom is 0.245 e. The van der Waals surface area contributed by atoms with Crippen LogP contribution in [0, 0.1) is 5.82 Å². The molecule has 5 nitrogen and oxygen atoms in total. The summed E-state index contributed by atoms with van der Waals surface area (Å²) in [6.07, 6.45) is 5.50. The van der Waals surface area contributed by atoms with Gasteiger partial charge in [-0.2, -0.15) is 0 Å². The Hall–Kier alpha value is -3.28. The van der Waals surface area contributed by atoms with Gasteiger partial charge < -0.3 is 10.0 Å². The lowest BCUT2D eigenvalue weighted by atomic mass is 10.0. The molecule has 0 spiro atoms. The summed E-state index contributed by atoms with van der Waals surface area (Å²) in [5.74, 6) is -0.311. The fourth-order valence-electron chi connectivity index (χ4n) is 3.47. The van der Waals surface area contributed by atoms with Crippen LogP contribution in [0.2, 0.25) is 0 Å². The van der Waals surface area contributed by atoms with E-state index in [1.54, 1.807) is 23.4 Å². The minimum absolute atomic E-state index is 0.000159. The van der Waals surface area contributed by atoms with E-state index in [1.165, 1.54) is 24.3 Å². The second kappa shape index (κ2) is 6.79. The summed E-state index contributed by atoms with van der Waals surface area (Å²) in [4.78, 5) is 22.5. The molecule has 3 heterocycles. The summed E-state index contributed by atoms with van der Waals surface area (Å²) < 4.78 is 14.1. The first-order valence-electron chi connectivity index (χ1n) is 8.71. The highest BCUT2D eigenvalue weighted by Crippen LogP contribution is 2.30. The van der Waals surface area contributed by atoms with Crippen LogP contribution in [-0.4, -0.2) is 39.0 Å². The van der Waals surface area contributed by atoms with Gasteiger partial charge in [-0.3, -0.25) is 14.8 Å². The number of halogens is 1. The van der Waals surface area contributed by atoms with Gasteiger partial charge in [-0.1, -0.05) is 6.58 Å². The average Bonchev–Trinajstić information content (AvgIpc) is 3.18. The molecule has 1 saturated heterocycles. The van der Waals surface area contributed by atoms with E-state index in [1.807, 2.05) is 6.07 Å². The van der Waals surface area contributed by atoms with Crippen molar-refractivity contribution < 1.29 is 14.3 Å². The molecule has 6 heteroatoms. The number of pyridine rings is 2. The van der Waals surface area contributed by atoms with Crippen LogP contribution >= 0.6 is 0 Å². The normalized spacial score (nSPS) is 16.6. The van der Waals surface area contributed by atoms with E-state index >= 15 is 0 Å². The molecule has 1 fully saturated rings. The van der Waals surface area contributed by atoms with Crippen LogP contribution in [0.1, 0.15) is 18.0 Å². The van der Waals surface area contributed by atoms with Crippen molar-refractivity contribution in [3.8, 4) is 16.9 Å². The Balaban J connectivity index is 1.64.